The molecular formula is C18H18N6O2. The van der Waals surface area contributed by atoms with Crippen molar-refractivity contribution in [2.75, 3.05) is 31.6 Å². The molecule has 1 amide bonds. The molecule has 3 aromatic heterocycles. The van der Waals surface area contributed by atoms with Crippen LogP contribution in [0.4, 0.5) is 10.5 Å². The molecule has 8 heteroatoms. The van der Waals surface area contributed by atoms with Crippen molar-refractivity contribution in [1.82, 2.24) is 19.9 Å². The van der Waals surface area contributed by atoms with Crippen molar-refractivity contribution < 1.29 is 9.53 Å². The van der Waals surface area contributed by atoms with E-state index in [1.165, 1.54) is 4.90 Å². The minimum Gasteiger partial charge on any atom is -0.444 e. The second-order valence-electron chi connectivity index (χ2n) is 6.38. The number of carbonyl (C=O) groups excluding carboxylic acids is 1. The Morgan fingerprint density at radius 2 is 2.38 bits per heavy atom. The summed E-state index contributed by atoms with van der Waals surface area (Å²) in [6.45, 7) is 1.39. The first-order valence-corrected chi connectivity index (χ1v) is 8.41. The topological polar surface area (TPSA) is 98.1 Å². The summed E-state index contributed by atoms with van der Waals surface area (Å²) in [7, 11) is 1.56. The van der Waals surface area contributed by atoms with Crippen LogP contribution in [0.15, 0.2) is 30.9 Å². The van der Waals surface area contributed by atoms with Gasteiger partial charge in [0.05, 0.1) is 24.5 Å². The second kappa shape index (κ2) is 6.52. The van der Waals surface area contributed by atoms with Crippen LogP contribution in [0.2, 0.25) is 0 Å². The van der Waals surface area contributed by atoms with E-state index in [0.29, 0.717) is 6.54 Å². The number of nitrogens with zero attached hydrogens (tertiary/aromatic N) is 5. The molecule has 0 aromatic carbocycles. The lowest BCUT2D eigenvalue weighted by atomic mass is 10.1. The smallest absolute Gasteiger partial charge is 0.410 e. The number of amides is 1. The Morgan fingerprint density at radius 1 is 1.50 bits per heavy atom. The molecule has 1 N–H and O–H groups in total. The number of fused-ring (bicyclic) bond motifs is 3. The molecule has 1 atom stereocenters. The van der Waals surface area contributed by atoms with Crippen LogP contribution in [-0.4, -0.2) is 58.7 Å². The van der Waals surface area contributed by atoms with Gasteiger partial charge in [0, 0.05) is 54.8 Å². The third-order valence-corrected chi connectivity index (χ3v) is 4.66. The van der Waals surface area contributed by atoms with Gasteiger partial charge in [-0.05, 0) is 6.07 Å². The van der Waals surface area contributed by atoms with Crippen molar-refractivity contribution in [2.45, 2.75) is 12.5 Å². The lowest BCUT2D eigenvalue weighted by Gasteiger charge is -2.21. The Morgan fingerprint density at radius 3 is 3.23 bits per heavy atom. The molecule has 8 nitrogen and oxygen atoms in total. The highest BCUT2D eigenvalue weighted by atomic mass is 16.6. The number of nitriles is 1. The Labute approximate surface area is 150 Å². The predicted molar refractivity (Wildman–Crippen MR) is 96.7 cm³/mol. The van der Waals surface area contributed by atoms with Gasteiger partial charge in [0.15, 0.2) is 0 Å². The summed E-state index contributed by atoms with van der Waals surface area (Å²) >= 11 is 0. The number of aromatic nitrogens is 3. The van der Waals surface area contributed by atoms with E-state index < -0.39 is 6.09 Å². The van der Waals surface area contributed by atoms with Crippen LogP contribution in [0.3, 0.4) is 0 Å². The molecule has 0 aliphatic carbocycles. The van der Waals surface area contributed by atoms with E-state index in [0.717, 1.165) is 40.5 Å². The van der Waals surface area contributed by atoms with E-state index >= 15 is 0 Å². The Bertz CT molecular complexity index is 1010. The van der Waals surface area contributed by atoms with Crippen molar-refractivity contribution in [2.24, 2.45) is 0 Å². The first-order valence-electron chi connectivity index (χ1n) is 8.41. The maximum atomic E-state index is 12.0. The van der Waals surface area contributed by atoms with Crippen molar-refractivity contribution in [3.8, 4) is 6.07 Å². The summed E-state index contributed by atoms with van der Waals surface area (Å²) in [5.41, 5.74) is 1.85. The Balaban J connectivity index is 1.59. The fourth-order valence-corrected chi connectivity index (χ4v) is 3.35. The number of ether oxygens (including phenoxy) is 1. The molecule has 26 heavy (non-hydrogen) atoms. The molecule has 1 aliphatic heterocycles. The van der Waals surface area contributed by atoms with Gasteiger partial charge in [-0.15, -0.1) is 0 Å². The Hall–Kier alpha value is -3.34. The van der Waals surface area contributed by atoms with E-state index in [1.54, 1.807) is 7.05 Å². The summed E-state index contributed by atoms with van der Waals surface area (Å²) < 4.78 is 5.52. The molecule has 0 saturated carbocycles. The number of anilines is 1. The molecule has 0 bridgehead atoms. The molecule has 1 saturated heterocycles. The van der Waals surface area contributed by atoms with E-state index in [4.69, 9.17) is 10.00 Å². The van der Waals surface area contributed by atoms with Gasteiger partial charge in [-0.1, -0.05) is 0 Å². The lowest BCUT2D eigenvalue weighted by molar-refractivity contribution is 0.0810. The molecule has 1 unspecified atom stereocenters. The van der Waals surface area contributed by atoms with Gasteiger partial charge in [0.1, 0.15) is 18.3 Å². The number of pyridine rings is 2. The maximum Gasteiger partial charge on any atom is 0.410 e. The summed E-state index contributed by atoms with van der Waals surface area (Å²) in [4.78, 5) is 27.3. The number of rotatable bonds is 3. The zero-order valence-electron chi connectivity index (χ0n) is 14.3. The second-order valence-corrected chi connectivity index (χ2v) is 6.38. The molecule has 1 fully saturated rings. The molecule has 4 rings (SSSR count). The highest BCUT2D eigenvalue weighted by molar-refractivity contribution is 6.11. The minimum absolute atomic E-state index is 0.0149. The first-order chi connectivity index (χ1) is 12.7. The lowest BCUT2D eigenvalue weighted by Crippen LogP contribution is -2.32. The summed E-state index contributed by atoms with van der Waals surface area (Å²) in [5, 5.41) is 11.8. The van der Waals surface area contributed by atoms with E-state index in [1.807, 2.05) is 36.9 Å². The molecular weight excluding hydrogens is 332 g/mol. The third-order valence-electron chi connectivity index (χ3n) is 4.66. The highest BCUT2D eigenvalue weighted by Gasteiger charge is 2.28. The highest BCUT2D eigenvalue weighted by Crippen LogP contribution is 2.33. The van der Waals surface area contributed by atoms with Gasteiger partial charge in [0.2, 0.25) is 0 Å². The largest absolute Gasteiger partial charge is 0.444 e. The van der Waals surface area contributed by atoms with Crippen molar-refractivity contribution in [1.29, 1.82) is 5.26 Å². The third kappa shape index (κ3) is 2.77. The average Bonchev–Trinajstić information content (AvgIpc) is 3.30. The normalized spacial score (nSPS) is 16.8. The van der Waals surface area contributed by atoms with Crippen LogP contribution < -0.4 is 4.90 Å². The van der Waals surface area contributed by atoms with Gasteiger partial charge in [0.25, 0.3) is 0 Å². The van der Waals surface area contributed by atoms with Crippen LogP contribution in [0.25, 0.3) is 21.8 Å². The maximum absolute atomic E-state index is 12.0. The number of nitrogens with one attached hydrogen (secondary N) is 1. The summed E-state index contributed by atoms with van der Waals surface area (Å²) in [5.74, 6) is 0. The van der Waals surface area contributed by atoms with Gasteiger partial charge in [-0.25, -0.2) is 9.78 Å². The quantitative estimate of drug-likeness (QED) is 0.728. The molecule has 132 valence electrons. The van der Waals surface area contributed by atoms with Crippen LogP contribution in [-0.2, 0) is 4.74 Å². The zero-order chi connectivity index (χ0) is 18.1. The number of H-pyrrole nitrogens is 1. The fraction of sp³-hybridized carbons (Fsp3) is 0.333. The number of hydrogen-bond donors (Lipinski definition) is 1. The summed E-state index contributed by atoms with van der Waals surface area (Å²) in [6.07, 6.45) is 7.41. The van der Waals surface area contributed by atoms with E-state index in [2.05, 4.69) is 19.9 Å². The number of aromatic amines is 1. The monoisotopic (exact) mass is 350 g/mol. The Kier molecular flexibility index (Phi) is 4.05. The van der Waals surface area contributed by atoms with Gasteiger partial charge >= 0.3 is 6.09 Å². The number of hydrogen-bond acceptors (Lipinski definition) is 6. The van der Waals surface area contributed by atoms with Crippen LogP contribution in [0.1, 0.15) is 6.42 Å². The van der Waals surface area contributed by atoms with Gasteiger partial charge in [-0.2, -0.15) is 5.26 Å². The minimum atomic E-state index is -0.466. The van der Waals surface area contributed by atoms with Crippen LogP contribution >= 0.6 is 0 Å². The van der Waals surface area contributed by atoms with Gasteiger partial charge in [-0.3, -0.25) is 9.88 Å². The zero-order valence-corrected chi connectivity index (χ0v) is 14.3. The van der Waals surface area contributed by atoms with Crippen molar-refractivity contribution in [3.05, 3.63) is 30.9 Å². The van der Waals surface area contributed by atoms with Crippen LogP contribution in [0, 0.1) is 11.3 Å². The summed E-state index contributed by atoms with van der Waals surface area (Å²) in [6, 6.07) is 3.95. The van der Waals surface area contributed by atoms with Crippen molar-refractivity contribution >= 4 is 33.6 Å². The molecule has 1 aliphatic rings. The average molecular weight is 350 g/mol. The molecule has 3 aromatic rings. The molecule has 0 spiro atoms. The van der Waals surface area contributed by atoms with Crippen molar-refractivity contribution in [3.63, 3.8) is 0 Å². The van der Waals surface area contributed by atoms with E-state index in [-0.39, 0.29) is 12.6 Å². The number of carbonyl (C=O) groups is 1. The van der Waals surface area contributed by atoms with Crippen LogP contribution in [0.5, 0.6) is 0 Å². The van der Waals surface area contributed by atoms with E-state index in [9.17, 15) is 4.79 Å². The molecule has 0 radical (unpaired) electrons. The van der Waals surface area contributed by atoms with Gasteiger partial charge < -0.3 is 14.6 Å². The predicted octanol–water partition coefficient (Wildman–Crippen LogP) is 2.28. The molecule has 4 heterocycles. The fourth-order valence-electron chi connectivity index (χ4n) is 3.35. The standard InChI is InChI=1S/C18H18N6O2/c1-23(7-4-19)18(25)26-13-3-6-24(11-13)15-10-20-8-12-9-22-17-14(16(12)15)2-5-21-17/h2,5,8-10,13H,3,6-7,11H2,1H3,(H,21,22). The first kappa shape index (κ1) is 16.1. The SMILES string of the molecule is CN(CC#N)C(=O)OC1CCN(c2cncc3cnc4[nH]ccc4c23)C1.